The third-order valence-electron chi connectivity index (χ3n) is 7.37. The summed E-state index contributed by atoms with van der Waals surface area (Å²) in [5, 5.41) is 3.87. The van der Waals surface area contributed by atoms with Gasteiger partial charge < -0.3 is 9.32 Å². The van der Waals surface area contributed by atoms with Gasteiger partial charge in [-0.1, -0.05) is 36.4 Å². The second-order valence-electron chi connectivity index (χ2n) is 9.34. The fourth-order valence-electron chi connectivity index (χ4n) is 5.71. The van der Waals surface area contributed by atoms with Gasteiger partial charge in [0, 0.05) is 51.5 Å². The van der Waals surface area contributed by atoms with E-state index in [9.17, 15) is 13.2 Å². The van der Waals surface area contributed by atoms with Crippen LogP contribution in [0.1, 0.15) is 34.5 Å². The standard InChI is InChI=1S/C28H22N2O4S/c1-30-23-13-14-25(19-10-6-11-20(26(19)23)28(30)31)35(32,33)29-22-15-21-17-8-4-5-12-24(17)34-27(21)18-9-3-2-7-16(18)22/h2-3,6-7,9-11,13-15,29H,4-5,8,12H2,1H3. The zero-order valence-corrected chi connectivity index (χ0v) is 19.9. The molecule has 1 aromatic heterocycles. The van der Waals surface area contributed by atoms with Crippen LogP contribution in [-0.4, -0.2) is 21.4 Å². The van der Waals surface area contributed by atoms with E-state index in [1.165, 1.54) is 5.56 Å². The first kappa shape index (κ1) is 20.5. The van der Waals surface area contributed by atoms with Crippen molar-refractivity contribution in [3.8, 4) is 0 Å². The molecule has 0 unspecified atom stereocenters. The summed E-state index contributed by atoms with van der Waals surface area (Å²) in [7, 11) is -2.25. The number of sulfonamides is 1. The Labute approximate surface area is 202 Å². The van der Waals surface area contributed by atoms with Gasteiger partial charge >= 0.3 is 0 Å². The third-order valence-corrected chi connectivity index (χ3v) is 8.80. The number of anilines is 2. The molecule has 2 aliphatic rings. The summed E-state index contributed by atoms with van der Waals surface area (Å²) in [5.74, 6) is 0.881. The Hall–Kier alpha value is -3.84. The molecule has 6 nitrogen and oxygen atoms in total. The predicted molar refractivity (Wildman–Crippen MR) is 138 cm³/mol. The largest absolute Gasteiger partial charge is 0.460 e. The van der Waals surface area contributed by atoms with Crippen molar-refractivity contribution in [1.82, 2.24) is 0 Å². The highest BCUT2D eigenvalue weighted by Gasteiger charge is 2.30. The molecule has 0 spiro atoms. The van der Waals surface area contributed by atoms with Gasteiger partial charge in [0.25, 0.3) is 15.9 Å². The van der Waals surface area contributed by atoms with Gasteiger partial charge in [-0.05, 0) is 43.5 Å². The molecule has 0 saturated carbocycles. The number of nitrogens with zero attached hydrogens (tertiary/aromatic N) is 1. The van der Waals surface area contributed by atoms with Gasteiger partial charge in [0.15, 0.2) is 0 Å². The number of aryl methyl sites for hydroxylation is 2. The highest BCUT2D eigenvalue weighted by molar-refractivity contribution is 7.93. The number of hydrogen-bond donors (Lipinski definition) is 1. The molecule has 1 amide bonds. The van der Waals surface area contributed by atoms with Crippen LogP contribution in [0, 0.1) is 0 Å². The fourth-order valence-corrected chi connectivity index (χ4v) is 6.98. The lowest BCUT2D eigenvalue weighted by molar-refractivity contribution is 0.0999. The van der Waals surface area contributed by atoms with Gasteiger partial charge in [-0.25, -0.2) is 8.42 Å². The summed E-state index contributed by atoms with van der Waals surface area (Å²) >= 11 is 0. The minimum absolute atomic E-state index is 0.130. The molecule has 35 heavy (non-hydrogen) atoms. The van der Waals surface area contributed by atoms with Gasteiger partial charge in [-0.2, -0.15) is 0 Å². The van der Waals surface area contributed by atoms with Crippen molar-refractivity contribution in [3.63, 3.8) is 0 Å². The smallest absolute Gasteiger partial charge is 0.262 e. The normalized spacial score (nSPS) is 15.3. The molecule has 0 saturated heterocycles. The number of amides is 1. The Morgan fingerprint density at radius 1 is 0.886 bits per heavy atom. The number of furan rings is 1. The van der Waals surface area contributed by atoms with Gasteiger partial charge in [-0.3, -0.25) is 9.52 Å². The minimum Gasteiger partial charge on any atom is -0.460 e. The van der Waals surface area contributed by atoms with Crippen LogP contribution in [0.15, 0.2) is 70.0 Å². The summed E-state index contributed by atoms with van der Waals surface area (Å²) in [6, 6.07) is 18.2. The summed E-state index contributed by atoms with van der Waals surface area (Å²) in [6.07, 6.45) is 4.05. The molecular formula is C28H22N2O4S. The monoisotopic (exact) mass is 482 g/mol. The topological polar surface area (TPSA) is 79.6 Å². The SMILES string of the molecule is CN1C(=O)c2cccc3c(S(=O)(=O)Nc4cc5c6c(oc5c5ccccc45)CCCC6)ccc1c23. The maximum atomic E-state index is 13.8. The minimum atomic E-state index is -3.96. The molecule has 1 N–H and O–H groups in total. The molecule has 2 heterocycles. The van der Waals surface area contributed by atoms with E-state index < -0.39 is 10.0 Å². The molecule has 174 valence electrons. The highest BCUT2D eigenvalue weighted by Crippen LogP contribution is 2.42. The van der Waals surface area contributed by atoms with Gasteiger partial charge in [0.1, 0.15) is 11.3 Å². The number of carbonyl (C=O) groups is 1. The number of nitrogens with one attached hydrogen (secondary N) is 1. The van der Waals surface area contributed by atoms with Crippen LogP contribution >= 0.6 is 0 Å². The molecule has 0 atom stereocenters. The fraction of sp³-hybridized carbons (Fsp3) is 0.179. The van der Waals surface area contributed by atoms with Crippen LogP contribution in [0.2, 0.25) is 0 Å². The molecule has 4 aromatic carbocycles. The van der Waals surface area contributed by atoms with Crippen molar-refractivity contribution in [2.24, 2.45) is 0 Å². The molecule has 0 fully saturated rings. The second-order valence-corrected chi connectivity index (χ2v) is 11.0. The second kappa shape index (κ2) is 7.09. The van der Waals surface area contributed by atoms with E-state index in [2.05, 4.69) is 4.72 Å². The molecule has 7 heteroatoms. The molecule has 1 aliphatic carbocycles. The average Bonchev–Trinajstić information content (AvgIpc) is 3.36. The number of hydrogen-bond acceptors (Lipinski definition) is 4. The summed E-state index contributed by atoms with van der Waals surface area (Å²) in [4.78, 5) is 14.4. The maximum Gasteiger partial charge on any atom is 0.262 e. The van der Waals surface area contributed by atoms with Crippen molar-refractivity contribution in [1.29, 1.82) is 0 Å². The van der Waals surface area contributed by atoms with Crippen LogP contribution in [0.5, 0.6) is 0 Å². The van der Waals surface area contributed by atoms with Crippen molar-refractivity contribution in [2.75, 3.05) is 16.7 Å². The molecule has 0 radical (unpaired) electrons. The lowest BCUT2D eigenvalue weighted by atomic mass is 9.94. The van der Waals surface area contributed by atoms with E-state index in [1.54, 1.807) is 42.3 Å². The maximum absolute atomic E-state index is 13.8. The van der Waals surface area contributed by atoms with Crippen LogP contribution in [0.25, 0.3) is 32.5 Å². The van der Waals surface area contributed by atoms with Crippen LogP contribution in [0.4, 0.5) is 11.4 Å². The van der Waals surface area contributed by atoms with E-state index in [0.717, 1.165) is 58.9 Å². The van der Waals surface area contributed by atoms with E-state index in [-0.39, 0.29) is 10.8 Å². The Kier molecular flexibility index (Phi) is 4.16. The molecule has 1 aliphatic heterocycles. The predicted octanol–water partition coefficient (Wildman–Crippen LogP) is 6.01. The third kappa shape index (κ3) is 2.82. The van der Waals surface area contributed by atoms with E-state index >= 15 is 0 Å². The van der Waals surface area contributed by atoms with Crippen molar-refractivity contribution in [3.05, 3.63) is 77.6 Å². The quantitative estimate of drug-likeness (QED) is 0.342. The number of carbonyl (C=O) groups excluding carboxylic acids is 1. The summed E-state index contributed by atoms with van der Waals surface area (Å²) in [5.41, 5.74) is 3.77. The van der Waals surface area contributed by atoms with Crippen LogP contribution < -0.4 is 9.62 Å². The zero-order valence-electron chi connectivity index (χ0n) is 19.1. The lowest BCUT2D eigenvalue weighted by Gasteiger charge is -2.15. The van der Waals surface area contributed by atoms with Gasteiger partial charge in [0.05, 0.1) is 16.3 Å². The molecule has 7 rings (SSSR count). The van der Waals surface area contributed by atoms with Crippen LogP contribution in [-0.2, 0) is 22.9 Å². The first-order valence-corrected chi connectivity index (χ1v) is 13.2. The number of benzene rings is 4. The zero-order chi connectivity index (χ0) is 23.9. The van der Waals surface area contributed by atoms with E-state index in [0.29, 0.717) is 22.0 Å². The Morgan fingerprint density at radius 2 is 1.66 bits per heavy atom. The molecule has 5 aromatic rings. The van der Waals surface area contributed by atoms with Crippen LogP contribution in [0.3, 0.4) is 0 Å². The lowest BCUT2D eigenvalue weighted by Crippen LogP contribution is -2.20. The Bertz CT molecular complexity index is 1840. The summed E-state index contributed by atoms with van der Waals surface area (Å²) in [6.45, 7) is 0. The van der Waals surface area contributed by atoms with Gasteiger partial charge in [-0.15, -0.1) is 0 Å². The van der Waals surface area contributed by atoms with Gasteiger partial charge in [0.2, 0.25) is 0 Å². The molecule has 0 bridgehead atoms. The first-order chi connectivity index (χ1) is 16.9. The Balaban J connectivity index is 1.43. The average molecular weight is 483 g/mol. The number of rotatable bonds is 3. The highest BCUT2D eigenvalue weighted by atomic mass is 32.2. The van der Waals surface area contributed by atoms with Crippen molar-refractivity contribution in [2.45, 2.75) is 30.6 Å². The number of fused-ring (bicyclic) bond motifs is 5. The Morgan fingerprint density at radius 3 is 2.51 bits per heavy atom. The van der Waals surface area contributed by atoms with Crippen molar-refractivity contribution >= 4 is 59.8 Å². The summed E-state index contributed by atoms with van der Waals surface area (Å²) < 4.78 is 36.7. The molecular weight excluding hydrogens is 460 g/mol. The van der Waals surface area contributed by atoms with E-state index in [1.807, 2.05) is 30.3 Å². The van der Waals surface area contributed by atoms with Crippen molar-refractivity contribution < 1.29 is 17.6 Å². The first-order valence-electron chi connectivity index (χ1n) is 11.8. The van der Waals surface area contributed by atoms with E-state index in [4.69, 9.17) is 4.42 Å².